The zero-order valence-corrected chi connectivity index (χ0v) is 16.8. The number of rotatable bonds is 6. The van der Waals surface area contributed by atoms with Crippen molar-refractivity contribution in [3.8, 4) is 5.75 Å². The predicted molar refractivity (Wildman–Crippen MR) is 109 cm³/mol. The molecule has 0 spiro atoms. The van der Waals surface area contributed by atoms with E-state index in [1.165, 1.54) is 24.1 Å². The SMILES string of the molecule is C[C@@H](c1ccccc1)N(C)c1nc(C(=O)Cc2cnoc2)c(O)c(=O)n1C.S. The van der Waals surface area contributed by atoms with Gasteiger partial charge in [0.25, 0.3) is 5.56 Å². The number of hydrogen-bond acceptors (Lipinski definition) is 7. The number of ketones is 1. The molecule has 28 heavy (non-hydrogen) atoms. The van der Waals surface area contributed by atoms with Crippen LogP contribution in [0.2, 0.25) is 0 Å². The second-order valence-electron chi connectivity index (χ2n) is 6.30. The lowest BCUT2D eigenvalue weighted by Gasteiger charge is -2.28. The van der Waals surface area contributed by atoms with Gasteiger partial charge in [0.05, 0.1) is 12.2 Å². The lowest BCUT2D eigenvalue weighted by atomic mass is 10.1. The average molecular weight is 402 g/mol. The van der Waals surface area contributed by atoms with Gasteiger partial charge in [0, 0.05) is 26.1 Å². The third-order valence-corrected chi connectivity index (χ3v) is 4.53. The number of aromatic hydroxyl groups is 1. The minimum absolute atomic E-state index is 0. The van der Waals surface area contributed by atoms with Crippen molar-refractivity contribution in [1.29, 1.82) is 0 Å². The number of aromatic nitrogens is 3. The number of anilines is 1. The number of carbonyl (C=O) groups excluding carboxylic acids is 1. The summed E-state index contributed by atoms with van der Waals surface area (Å²) in [6.07, 6.45) is 2.66. The van der Waals surface area contributed by atoms with Crippen LogP contribution in [0.25, 0.3) is 0 Å². The van der Waals surface area contributed by atoms with Crippen LogP contribution in [0.1, 0.15) is 34.6 Å². The summed E-state index contributed by atoms with van der Waals surface area (Å²) < 4.78 is 5.93. The van der Waals surface area contributed by atoms with Crippen LogP contribution in [-0.4, -0.2) is 32.6 Å². The smallest absolute Gasteiger partial charge is 0.297 e. The summed E-state index contributed by atoms with van der Waals surface area (Å²) in [5.41, 5.74) is 0.622. The van der Waals surface area contributed by atoms with Crippen molar-refractivity contribution in [2.45, 2.75) is 19.4 Å². The molecule has 148 valence electrons. The normalized spacial score (nSPS) is 11.5. The minimum Gasteiger partial charge on any atom is -0.501 e. The van der Waals surface area contributed by atoms with E-state index in [9.17, 15) is 14.7 Å². The Labute approximate surface area is 168 Å². The van der Waals surface area contributed by atoms with E-state index in [2.05, 4.69) is 10.1 Å². The van der Waals surface area contributed by atoms with Crippen molar-refractivity contribution in [3.63, 3.8) is 0 Å². The van der Waals surface area contributed by atoms with Crippen molar-refractivity contribution >= 4 is 25.2 Å². The highest BCUT2D eigenvalue weighted by Crippen LogP contribution is 2.24. The Balaban J connectivity index is 0.00000280. The van der Waals surface area contributed by atoms with Crippen molar-refractivity contribution in [2.24, 2.45) is 7.05 Å². The first-order valence-corrected chi connectivity index (χ1v) is 8.39. The van der Waals surface area contributed by atoms with Crippen LogP contribution in [-0.2, 0) is 13.5 Å². The molecule has 0 radical (unpaired) electrons. The first kappa shape index (κ1) is 21.2. The average Bonchev–Trinajstić information content (AvgIpc) is 3.19. The summed E-state index contributed by atoms with van der Waals surface area (Å²) in [7, 11) is 3.29. The summed E-state index contributed by atoms with van der Waals surface area (Å²) in [5, 5.41) is 13.7. The highest BCUT2D eigenvalue weighted by molar-refractivity contribution is 7.59. The molecule has 8 nitrogen and oxygen atoms in total. The molecule has 0 bridgehead atoms. The Kier molecular flexibility index (Phi) is 6.63. The summed E-state index contributed by atoms with van der Waals surface area (Å²) in [6.45, 7) is 1.97. The molecule has 0 aliphatic heterocycles. The van der Waals surface area contributed by atoms with E-state index in [-0.39, 0.29) is 37.6 Å². The molecule has 0 aliphatic rings. The molecule has 2 aromatic heterocycles. The monoisotopic (exact) mass is 402 g/mol. The molecule has 0 fully saturated rings. The van der Waals surface area contributed by atoms with Crippen LogP contribution in [0.15, 0.2) is 52.1 Å². The molecule has 0 aliphatic carbocycles. The minimum atomic E-state index is -0.680. The Morgan fingerprint density at radius 2 is 2.00 bits per heavy atom. The van der Waals surface area contributed by atoms with Gasteiger partial charge in [-0.15, -0.1) is 0 Å². The van der Waals surface area contributed by atoms with Crippen molar-refractivity contribution in [1.82, 2.24) is 14.7 Å². The second-order valence-corrected chi connectivity index (χ2v) is 6.30. The van der Waals surface area contributed by atoms with E-state index >= 15 is 0 Å². The van der Waals surface area contributed by atoms with Gasteiger partial charge in [0.2, 0.25) is 11.7 Å². The van der Waals surface area contributed by atoms with Gasteiger partial charge in [-0.2, -0.15) is 13.5 Å². The van der Waals surface area contributed by atoms with Gasteiger partial charge in [-0.05, 0) is 12.5 Å². The lowest BCUT2D eigenvalue weighted by molar-refractivity contribution is 0.0984. The van der Waals surface area contributed by atoms with Crippen molar-refractivity contribution < 1.29 is 14.4 Å². The van der Waals surface area contributed by atoms with Gasteiger partial charge in [-0.3, -0.25) is 14.2 Å². The summed E-state index contributed by atoms with van der Waals surface area (Å²) in [5.74, 6) is -0.873. The van der Waals surface area contributed by atoms with Crippen molar-refractivity contribution in [2.75, 3.05) is 11.9 Å². The van der Waals surface area contributed by atoms with Gasteiger partial charge in [-0.25, -0.2) is 4.98 Å². The fourth-order valence-electron chi connectivity index (χ4n) is 2.80. The molecular formula is C19H22N4O4S. The predicted octanol–water partition coefficient (Wildman–Crippen LogP) is 2.21. The number of hydrogen-bond donors (Lipinski definition) is 1. The molecule has 1 N–H and O–H groups in total. The van der Waals surface area contributed by atoms with Crippen LogP contribution in [0.5, 0.6) is 5.75 Å². The fourth-order valence-corrected chi connectivity index (χ4v) is 2.80. The van der Waals surface area contributed by atoms with Gasteiger partial charge >= 0.3 is 0 Å². The molecule has 2 heterocycles. The maximum absolute atomic E-state index is 12.6. The maximum atomic E-state index is 12.6. The van der Waals surface area contributed by atoms with Crippen LogP contribution in [0, 0.1) is 0 Å². The summed E-state index contributed by atoms with van der Waals surface area (Å²) in [6, 6.07) is 9.62. The highest BCUT2D eigenvalue weighted by atomic mass is 32.1. The number of carbonyl (C=O) groups is 1. The molecule has 0 saturated heterocycles. The third-order valence-electron chi connectivity index (χ3n) is 4.53. The first-order valence-electron chi connectivity index (χ1n) is 8.39. The Morgan fingerprint density at radius 3 is 2.61 bits per heavy atom. The van der Waals surface area contributed by atoms with E-state index in [0.29, 0.717) is 5.56 Å². The number of benzene rings is 1. The maximum Gasteiger partial charge on any atom is 0.297 e. The lowest BCUT2D eigenvalue weighted by Crippen LogP contribution is -2.32. The highest BCUT2D eigenvalue weighted by Gasteiger charge is 2.24. The summed E-state index contributed by atoms with van der Waals surface area (Å²) >= 11 is 0. The Morgan fingerprint density at radius 1 is 1.32 bits per heavy atom. The first-order chi connectivity index (χ1) is 12.9. The van der Waals surface area contributed by atoms with E-state index in [1.54, 1.807) is 11.9 Å². The standard InChI is InChI=1S/C19H20N4O4.H2S/c1-12(14-7-5-4-6-8-14)22(2)19-21-16(17(25)18(26)23(19)3)15(24)9-13-10-20-27-11-13;/h4-8,10-12,25H,9H2,1-3H3;1H2/t12-;/m0./s1. The van der Waals surface area contributed by atoms with Crippen molar-refractivity contribution in [3.05, 3.63) is 70.0 Å². The molecule has 9 heteroatoms. The Bertz CT molecular complexity index is 1000. The van der Waals surface area contributed by atoms with Crippen LogP contribution >= 0.6 is 13.5 Å². The number of Topliss-reactive ketones (excluding diaryl/α,β-unsaturated/α-hetero) is 1. The molecule has 1 atom stereocenters. The van der Waals surface area contributed by atoms with Gasteiger partial charge in [-0.1, -0.05) is 35.5 Å². The van der Waals surface area contributed by atoms with Crippen LogP contribution in [0.3, 0.4) is 0 Å². The topological polar surface area (TPSA) is 101 Å². The zero-order chi connectivity index (χ0) is 19.6. The van der Waals surface area contributed by atoms with E-state index < -0.39 is 17.1 Å². The molecule has 0 amide bonds. The Hall–Kier alpha value is -3.07. The fraction of sp³-hybridized carbons (Fsp3) is 0.263. The zero-order valence-electron chi connectivity index (χ0n) is 15.8. The van der Waals surface area contributed by atoms with E-state index in [0.717, 1.165) is 5.56 Å². The van der Waals surface area contributed by atoms with Gasteiger partial charge in [0.15, 0.2) is 11.5 Å². The molecule has 3 rings (SSSR count). The quantitative estimate of drug-likeness (QED) is 0.631. The van der Waals surface area contributed by atoms with Crippen LogP contribution in [0.4, 0.5) is 5.95 Å². The number of nitrogens with zero attached hydrogens (tertiary/aromatic N) is 4. The van der Waals surface area contributed by atoms with Crippen LogP contribution < -0.4 is 10.5 Å². The summed E-state index contributed by atoms with van der Waals surface area (Å²) in [4.78, 5) is 31.1. The largest absolute Gasteiger partial charge is 0.501 e. The van der Waals surface area contributed by atoms with Gasteiger partial charge < -0.3 is 14.5 Å². The molecule has 0 saturated carbocycles. The molecule has 3 aromatic rings. The van der Waals surface area contributed by atoms with Gasteiger partial charge in [0.1, 0.15) is 6.26 Å². The molecular weight excluding hydrogens is 380 g/mol. The van der Waals surface area contributed by atoms with E-state index in [4.69, 9.17) is 4.52 Å². The third kappa shape index (κ3) is 4.09. The molecule has 1 aromatic carbocycles. The molecule has 0 unspecified atom stereocenters. The van der Waals surface area contributed by atoms with E-state index in [1.807, 2.05) is 37.3 Å². The second kappa shape index (κ2) is 8.75.